The van der Waals surface area contributed by atoms with Gasteiger partial charge in [0, 0.05) is 32.7 Å². The summed E-state index contributed by atoms with van der Waals surface area (Å²) in [5.74, 6) is 1.84. The van der Waals surface area contributed by atoms with Gasteiger partial charge in [-0.05, 0) is 45.1 Å². The summed E-state index contributed by atoms with van der Waals surface area (Å²) in [4.78, 5) is 7.13. The Labute approximate surface area is 123 Å². The molecule has 0 bridgehead atoms. The molecule has 0 aromatic heterocycles. The number of morpholine rings is 1. The second kappa shape index (κ2) is 9.19. The summed E-state index contributed by atoms with van der Waals surface area (Å²) >= 11 is 0. The van der Waals surface area contributed by atoms with Gasteiger partial charge in [-0.25, -0.2) is 0 Å². The van der Waals surface area contributed by atoms with Crippen molar-refractivity contribution in [3.63, 3.8) is 0 Å². The summed E-state index contributed by atoms with van der Waals surface area (Å²) in [6.45, 7) is 10.2. The molecule has 2 rings (SSSR count). The molecule has 0 spiro atoms. The van der Waals surface area contributed by atoms with E-state index in [1.165, 1.54) is 32.2 Å². The molecule has 0 unspecified atom stereocenters. The number of guanidine groups is 1. The molecule has 2 fully saturated rings. The molecule has 5 heteroatoms. The van der Waals surface area contributed by atoms with Gasteiger partial charge in [0.25, 0.3) is 0 Å². The van der Waals surface area contributed by atoms with Crippen LogP contribution in [0.5, 0.6) is 0 Å². The Morgan fingerprint density at radius 3 is 2.70 bits per heavy atom. The zero-order chi connectivity index (χ0) is 14.0. The minimum atomic E-state index is 0.853. The zero-order valence-corrected chi connectivity index (χ0v) is 12.9. The lowest BCUT2D eigenvalue weighted by Crippen LogP contribution is -2.39. The molecular weight excluding hydrogens is 252 g/mol. The van der Waals surface area contributed by atoms with E-state index < -0.39 is 0 Å². The van der Waals surface area contributed by atoms with Gasteiger partial charge in [0.05, 0.1) is 13.2 Å². The number of hydrogen-bond donors (Lipinski definition) is 2. The fourth-order valence-corrected chi connectivity index (χ4v) is 2.35. The van der Waals surface area contributed by atoms with Crippen molar-refractivity contribution in [1.82, 2.24) is 15.5 Å². The van der Waals surface area contributed by atoms with E-state index >= 15 is 0 Å². The van der Waals surface area contributed by atoms with Gasteiger partial charge in [0.2, 0.25) is 0 Å². The molecular formula is C15H30N4O. The first-order valence-corrected chi connectivity index (χ1v) is 8.20. The topological polar surface area (TPSA) is 48.9 Å². The third kappa shape index (κ3) is 6.57. The molecule has 2 N–H and O–H groups in total. The van der Waals surface area contributed by atoms with E-state index in [1.54, 1.807) is 0 Å². The summed E-state index contributed by atoms with van der Waals surface area (Å²) < 4.78 is 5.36. The predicted molar refractivity (Wildman–Crippen MR) is 83.2 cm³/mol. The van der Waals surface area contributed by atoms with Crippen LogP contribution in [-0.4, -0.2) is 63.3 Å². The van der Waals surface area contributed by atoms with Crippen LogP contribution in [0.1, 0.15) is 32.6 Å². The van der Waals surface area contributed by atoms with Crippen molar-refractivity contribution >= 4 is 5.96 Å². The highest BCUT2D eigenvalue weighted by atomic mass is 16.5. The molecule has 0 aromatic carbocycles. The Bertz CT molecular complexity index is 286. The Kier molecular flexibility index (Phi) is 7.15. The molecule has 5 nitrogen and oxygen atoms in total. The summed E-state index contributed by atoms with van der Waals surface area (Å²) in [5.41, 5.74) is 0. The van der Waals surface area contributed by atoms with E-state index in [9.17, 15) is 0 Å². The first kappa shape index (κ1) is 15.6. The van der Waals surface area contributed by atoms with E-state index in [4.69, 9.17) is 4.74 Å². The fraction of sp³-hybridized carbons (Fsp3) is 0.933. The van der Waals surface area contributed by atoms with E-state index in [0.29, 0.717) is 0 Å². The van der Waals surface area contributed by atoms with Crippen LogP contribution in [0.15, 0.2) is 4.99 Å². The number of aliphatic imine (C=N–C) groups is 1. The second-order valence-electron chi connectivity index (χ2n) is 5.75. The molecule has 1 saturated heterocycles. The van der Waals surface area contributed by atoms with Crippen molar-refractivity contribution in [3.05, 3.63) is 0 Å². The average molecular weight is 282 g/mol. The maximum atomic E-state index is 5.36. The van der Waals surface area contributed by atoms with Crippen LogP contribution in [0.4, 0.5) is 0 Å². The van der Waals surface area contributed by atoms with Gasteiger partial charge in [-0.1, -0.05) is 0 Å². The van der Waals surface area contributed by atoms with E-state index in [-0.39, 0.29) is 0 Å². The number of rotatable bonds is 8. The van der Waals surface area contributed by atoms with Gasteiger partial charge in [0.15, 0.2) is 5.96 Å². The van der Waals surface area contributed by atoms with Crippen LogP contribution >= 0.6 is 0 Å². The Morgan fingerprint density at radius 2 is 2.00 bits per heavy atom. The summed E-state index contributed by atoms with van der Waals surface area (Å²) in [6.07, 6.45) is 5.17. The van der Waals surface area contributed by atoms with E-state index in [0.717, 1.165) is 57.8 Å². The first-order valence-electron chi connectivity index (χ1n) is 8.20. The molecule has 0 atom stereocenters. The molecule has 0 radical (unpaired) electrons. The second-order valence-corrected chi connectivity index (χ2v) is 5.75. The molecule has 2 aliphatic rings. The van der Waals surface area contributed by atoms with Gasteiger partial charge in [-0.2, -0.15) is 0 Å². The predicted octanol–water partition coefficient (Wildman–Crippen LogP) is 1.06. The standard InChI is InChI=1S/C15H30N4O/c1-2-16-15(18-13-14-5-6-14)17-7-3-4-8-19-9-11-20-12-10-19/h14H,2-13H2,1H3,(H2,16,17,18). The first-order chi connectivity index (χ1) is 9.88. The largest absolute Gasteiger partial charge is 0.379 e. The van der Waals surface area contributed by atoms with Crippen LogP contribution < -0.4 is 10.6 Å². The number of hydrogen-bond acceptors (Lipinski definition) is 3. The Morgan fingerprint density at radius 1 is 1.20 bits per heavy atom. The maximum absolute atomic E-state index is 5.36. The maximum Gasteiger partial charge on any atom is 0.191 e. The highest BCUT2D eigenvalue weighted by Crippen LogP contribution is 2.28. The SMILES string of the molecule is CCNC(=NCC1CC1)NCCCCN1CCOCC1. The molecule has 20 heavy (non-hydrogen) atoms. The van der Waals surface area contributed by atoms with Gasteiger partial charge in [0.1, 0.15) is 0 Å². The number of nitrogens with zero attached hydrogens (tertiary/aromatic N) is 2. The Hall–Kier alpha value is -0.810. The third-order valence-electron chi connectivity index (χ3n) is 3.85. The third-order valence-corrected chi connectivity index (χ3v) is 3.85. The molecule has 0 aromatic rings. The van der Waals surface area contributed by atoms with Gasteiger partial charge < -0.3 is 15.4 Å². The number of nitrogens with one attached hydrogen (secondary N) is 2. The molecule has 1 aliphatic carbocycles. The van der Waals surface area contributed by atoms with E-state index in [1.807, 2.05) is 0 Å². The van der Waals surface area contributed by atoms with Crippen LogP contribution in [-0.2, 0) is 4.74 Å². The lowest BCUT2D eigenvalue weighted by molar-refractivity contribution is 0.0372. The minimum absolute atomic E-state index is 0.853. The molecule has 1 aliphatic heterocycles. The van der Waals surface area contributed by atoms with Crippen LogP contribution in [0.2, 0.25) is 0 Å². The molecule has 116 valence electrons. The monoisotopic (exact) mass is 282 g/mol. The lowest BCUT2D eigenvalue weighted by atomic mass is 10.3. The van der Waals surface area contributed by atoms with Crippen molar-refractivity contribution in [3.8, 4) is 0 Å². The van der Waals surface area contributed by atoms with Crippen molar-refractivity contribution in [2.24, 2.45) is 10.9 Å². The molecule has 1 heterocycles. The highest BCUT2D eigenvalue weighted by molar-refractivity contribution is 5.79. The molecule has 0 amide bonds. The van der Waals surface area contributed by atoms with Crippen molar-refractivity contribution in [2.75, 3.05) is 52.5 Å². The van der Waals surface area contributed by atoms with Gasteiger partial charge in [-0.15, -0.1) is 0 Å². The number of ether oxygens (including phenoxy) is 1. The zero-order valence-electron chi connectivity index (χ0n) is 12.9. The van der Waals surface area contributed by atoms with Gasteiger partial charge in [-0.3, -0.25) is 9.89 Å². The highest BCUT2D eigenvalue weighted by Gasteiger charge is 2.20. The smallest absolute Gasteiger partial charge is 0.191 e. The summed E-state index contributed by atoms with van der Waals surface area (Å²) in [6, 6.07) is 0. The average Bonchev–Trinajstić information content (AvgIpc) is 3.29. The van der Waals surface area contributed by atoms with Crippen LogP contribution in [0.25, 0.3) is 0 Å². The van der Waals surface area contributed by atoms with Crippen molar-refractivity contribution < 1.29 is 4.74 Å². The van der Waals surface area contributed by atoms with Crippen molar-refractivity contribution in [2.45, 2.75) is 32.6 Å². The summed E-state index contributed by atoms with van der Waals surface area (Å²) in [7, 11) is 0. The van der Waals surface area contributed by atoms with Crippen molar-refractivity contribution in [1.29, 1.82) is 0 Å². The quantitative estimate of drug-likeness (QED) is 0.397. The van der Waals surface area contributed by atoms with Crippen LogP contribution in [0.3, 0.4) is 0 Å². The number of unbranched alkanes of at least 4 members (excludes halogenated alkanes) is 1. The lowest BCUT2D eigenvalue weighted by Gasteiger charge is -2.26. The van der Waals surface area contributed by atoms with Gasteiger partial charge >= 0.3 is 0 Å². The molecule has 1 saturated carbocycles. The minimum Gasteiger partial charge on any atom is -0.379 e. The Balaban J connectivity index is 1.51. The van der Waals surface area contributed by atoms with E-state index in [2.05, 4.69) is 27.4 Å². The normalized spacial score (nSPS) is 20.9. The summed E-state index contributed by atoms with van der Waals surface area (Å²) in [5, 5.41) is 6.76. The van der Waals surface area contributed by atoms with Crippen LogP contribution in [0, 0.1) is 5.92 Å². The fourth-order valence-electron chi connectivity index (χ4n) is 2.35.